The fourth-order valence-electron chi connectivity index (χ4n) is 2.17. The topological polar surface area (TPSA) is 29.3 Å². The Kier molecular flexibility index (Phi) is 5.33. The molecule has 0 fully saturated rings. The second-order valence-corrected chi connectivity index (χ2v) is 4.16. The number of anilines is 1. The lowest BCUT2D eigenvalue weighted by Crippen LogP contribution is -2.27. The maximum Gasteiger partial charge on any atom is 0.0428 e. The third kappa shape index (κ3) is 2.99. The van der Waals surface area contributed by atoms with E-state index < -0.39 is 0 Å². The number of benzene rings is 1. The second kappa shape index (κ2) is 6.54. The predicted octanol–water partition coefficient (Wildman–Crippen LogP) is 2.73. The molecular formula is C14H24N2. The molecule has 0 aliphatic rings. The Bertz CT molecular complexity index is 321. The van der Waals surface area contributed by atoms with Crippen LogP contribution in [0.1, 0.15) is 31.4 Å². The SMILES string of the molecule is CCc1cccc(C)c1N(CC)CCCN. The van der Waals surface area contributed by atoms with Gasteiger partial charge in [0.05, 0.1) is 0 Å². The van der Waals surface area contributed by atoms with Gasteiger partial charge in [0.2, 0.25) is 0 Å². The fraction of sp³-hybridized carbons (Fsp3) is 0.571. The largest absolute Gasteiger partial charge is 0.371 e. The van der Waals surface area contributed by atoms with Crippen molar-refractivity contribution in [2.75, 3.05) is 24.5 Å². The van der Waals surface area contributed by atoms with Crippen molar-refractivity contribution in [1.82, 2.24) is 0 Å². The second-order valence-electron chi connectivity index (χ2n) is 4.16. The van der Waals surface area contributed by atoms with Crippen LogP contribution in [0.25, 0.3) is 0 Å². The Hall–Kier alpha value is -1.02. The molecule has 90 valence electrons. The van der Waals surface area contributed by atoms with Crippen LogP contribution < -0.4 is 10.6 Å². The first kappa shape index (κ1) is 13.0. The van der Waals surface area contributed by atoms with Gasteiger partial charge in [-0.25, -0.2) is 0 Å². The summed E-state index contributed by atoms with van der Waals surface area (Å²) in [5, 5.41) is 0. The van der Waals surface area contributed by atoms with Crippen LogP contribution in [0.4, 0.5) is 5.69 Å². The van der Waals surface area contributed by atoms with Crippen molar-refractivity contribution in [1.29, 1.82) is 0 Å². The van der Waals surface area contributed by atoms with E-state index in [-0.39, 0.29) is 0 Å². The van der Waals surface area contributed by atoms with Gasteiger partial charge in [-0.2, -0.15) is 0 Å². The van der Waals surface area contributed by atoms with Crippen LogP contribution in [-0.4, -0.2) is 19.6 Å². The average Bonchev–Trinajstić information content (AvgIpc) is 2.31. The Morgan fingerprint density at radius 2 is 2.00 bits per heavy atom. The van der Waals surface area contributed by atoms with Crippen molar-refractivity contribution in [2.45, 2.75) is 33.6 Å². The van der Waals surface area contributed by atoms with E-state index in [4.69, 9.17) is 5.73 Å². The summed E-state index contributed by atoms with van der Waals surface area (Å²) < 4.78 is 0. The maximum atomic E-state index is 5.59. The highest BCUT2D eigenvalue weighted by molar-refractivity contribution is 5.59. The Morgan fingerprint density at radius 3 is 2.56 bits per heavy atom. The molecule has 0 saturated carbocycles. The summed E-state index contributed by atoms with van der Waals surface area (Å²) in [4.78, 5) is 2.45. The minimum atomic E-state index is 0.768. The van der Waals surface area contributed by atoms with Crippen LogP contribution in [0.2, 0.25) is 0 Å². The Morgan fingerprint density at radius 1 is 1.25 bits per heavy atom. The Balaban J connectivity index is 2.97. The van der Waals surface area contributed by atoms with Crippen LogP contribution >= 0.6 is 0 Å². The van der Waals surface area contributed by atoms with E-state index >= 15 is 0 Å². The molecule has 1 aromatic rings. The molecule has 2 nitrogen and oxygen atoms in total. The standard InChI is InChI=1S/C14H24N2/c1-4-13-9-6-8-12(3)14(13)16(5-2)11-7-10-15/h6,8-9H,4-5,7,10-11,15H2,1-3H3. The molecule has 0 amide bonds. The highest BCUT2D eigenvalue weighted by Gasteiger charge is 2.10. The fourth-order valence-corrected chi connectivity index (χ4v) is 2.17. The zero-order chi connectivity index (χ0) is 12.0. The number of aryl methyl sites for hydroxylation is 2. The average molecular weight is 220 g/mol. The van der Waals surface area contributed by atoms with Gasteiger partial charge in [-0.15, -0.1) is 0 Å². The molecule has 0 bridgehead atoms. The minimum Gasteiger partial charge on any atom is -0.371 e. The molecule has 0 radical (unpaired) electrons. The van der Waals surface area contributed by atoms with Crippen molar-refractivity contribution in [3.8, 4) is 0 Å². The van der Waals surface area contributed by atoms with Crippen molar-refractivity contribution in [3.05, 3.63) is 29.3 Å². The number of nitrogens with two attached hydrogens (primary N) is 1. The first-order chi connectivity index (χ1) is 7.74. The molecule has 0 spiro atoms. The lowest BCUT2D eigenvalue weighted by molar-refractivity contribution is 0.748. The Labute approximate surface area is 99.5 Å². The van der Waals surface area contributed by atoms with Gasteiger partial charge in [0.15, 0.2) is 0 Å². The van der Waals surface area contributed by atoms with Crippen LogP contribution in [0.15, 0.2) is 18.2 Å². The summed E-state index contributed by atoms with van der Waals surface area (Å²) in [5.74, 6) is 0. The number of hydrogen-bond acceptors (Lipinski definition) is 2. The van der Waals surface area contributed by atoms with Crippen LogP contribution in [0, 0.1) is 6.92 Å². The van der Waals surface area contributed by atoms with Crippen molar-refractivity contribution in [2.24, 2.45) is 5.73 Å². The van der Waals surface area contributed by atoms with Gasteiger partial charge in [0.25, 0.3) is 0 Å². The molecule has 0 aromatic heterocycles. The van der Waals surface area contributed by atoms with E-state index in [2.05, 4.69) is 43.9 Å². The van der Waals surface area contributed by atoms with Gasteiger partial charge in [-0.05, 0) is 44.4 Å². The molecule has 16 heavy (non-hydrogen) atoms. The molecule has 0 heterocycles. The number of para-hydroxylation sites is 1. The smallest absolute Gasteiger partial charge is 0.0428 e. The molecule has 0 unspecified atom stereocenters. The summed E-state index contributed by atoms with van der Waals surface area (Å²) in [5.41, 5.74) is 9.83. The zero-order valence-corrected chi connectivity index (χ0v) is 10.8. The van der Waals surface area contributed by atoms with Gasteiger partial charge >= 0.3 is 0 Å². The lowest BCUT2D eigenvalue weighted by atomic mass is 10.0. The van der Waals surface area contributed by atoms with Crippen molar-refractivity contribution in [3.63, 3.8) is 0 Å². The molecule has 1 rings (SSSR count). The summed E-state index contributed by atoms with van der Waals surface area (Å²) in [7, 11) is 0. The lowest BCUT2D eigenvalue weighted by Gasteiger charge is -2.27. The van der Waals surface area contributed by atoms with E-state index in [1.165, 1.54) is 16.8 Å². The molecule has 0 saturated heterocycles. The highest BCUT2D eigenvalue weighted by Crippen LogP contribution is 2.25. The van der Waals surface area contributed by atoms with E-state index in [9.17, 15) is 0 Å². The molecule has 1 aromatic carbocycles. The van der Waals surface area contributed by atoms with Crippen LogP contribution in [0.5, 0.6) is 0 Å². The summed E-state index contributed by atoms with van der Waals surface area (Å²) in [6, 6.07) is 6.57. The van der Waals surface area contributed by atoms with Gasteiger partial charge < -0.3 is 10.6 Å². The third-order valence-corrected chi connectivity index (χ3v) is 3.03. The minimum absolute atomic E-state index is 0.768. The van der Waals surface area contributed by atoms with Gasteiger partial charge in [-0.1, -0.05) is 25.1 Å². The highest BCUT2D eigenvalue weighted by atomic mass is 15.1. The number of rotatable bonds is 6. The molecule has 0 aliphatic carbocycles. The van der Waals surface area contributed by atoms with Crippen molar-refractivity contribution < 1.29 is 0 Å². The molecule has 0 atom stereocenters. The summed E-state index contributed by atoms with van der Waals surface area (Å²) in [6.45, 7) is 9.50. The molecule has 2 N–H and O–H groups in total. The number of nitrogens with zero attached hydrogens (tertiary/aromatic N) is 1. The number of hydrogen-bond donors (Lipinski definition) is 1. The molecular weight excluding hydrogens is 196 g/mol. The van der Waals surface area contributed by atoms with E-state index in [0.29, 0.717) is 0 Å². The zero-order valence-electron chi connectivity index (χ0n) is 10.8. The van der Waals surface area contributed by atoms with Crippen LogP contribution in [-0.2, 0) is 6.42 Å². The van der Waals surface area contributed by atoms with Gasteiger partial charge in [-0.3, -0.25) is 0 Å². The summed E-state index contributed by atoms with van der Waals surface area (Å²) in [6.07, 6.45) is 2.15. The maximum absolute atomic E-state index is 5.59. The van der Waals surface area contributed by atoms with Crippen LogP contribution in [0.3, 0.4) is 0 Å². The van der Waals surface area contributed by atoms with Crippen molar-refractivity contribution >= 4 is 5.69 Å². The third-order valence-electron chi connectivity index (χ3n) is 3.03. The van der Waals surface area contributed by atoms with Gasteiger partial charge in [0.1, 0.15) is 0 Å². The predicted molar refractivity (Wildman–Crippen MR) is 72.1 cm³/mol. The molecule has 0 aliphatic heterocycles. The van der Waals surface area contributed by atoms with E-state index in [0.717, 1.165) is 32.5 Å². The summed E-state index contributed by atoms with van der Waals surface area (Å²) >= 11 is 0. The van der Waals surface area contributed by atoms with Gasteiger partial charge in [0, 0.05) is 18.8 Å². The molecule has 2 heteroatoms. The first-order valence-corrected chi connectivity index (χ1v) is 6.28. The monoisotopic (exact) mass is 220 g/mol. The normalized spacial score (nSPS) is 10.5. The van der Waals surface area contributed by atoms with E-state index in [1.807, 2.05) is 0 Å². The van der Waals surface area contributed by atoms with E-state index in [1.54, 1.807) is 0 Å². The quantitative estimate of drug-likeness (QED) is 0.798. The first-order valence-electron chi connectivity index (χ1n) is 6.28.